The zero-order chi connectivity index (χ0) is 19.5. The molecule has 0 saturated carbocycles. The van der Waals surface area contributed by atoms with Crippen LogP contribution in [0.4, 0.5) is 5.69 Å². The molecule has 0 aliphatic heterocycles. The number of nitrogens with one attached hydrogen (secondary N) is 1. The average molecular weight is 376 g/mol. The van der Waals surface area contributed by atoms with Gasteiger partial charge in [0.15, 0.2) is 0 Å². The maximum Gasteiger partial charge on any atom is 0.258 e. The second-order valence-electron chi connectivity index (χ2n) is 6.00. The second-order valence-corrected chi connectivity index (χ2v) is 7.74. The smallest absolute Gasteiger partial charge is 0.258 e. The number of hydrogen-bond acceptors (Lipinski definition) is 4. The molecule has 0 spiro atoms. The SMILES string of the molecule is CCNS(=O)(=O)c1cc(C(=O)N(C)c2ccc(C)c(C)c2)ccc1OC. The number of benzene rings is 2. The summed E-state index contributed by atoms with van der Waals surface area (Å²) in [4.78, 5) is 14.3. The van der Waals surface area contributed by atoms with Crippen molar-refractivity contribution in [1.82, 2.24) is 4.72 Å². The highest BCUT2D eigenvalue weighted by Crippen LogP contribution is 2.26. The van der Waals surface area contributed by atoms with Gasteiger partial charge in [-0.15, -0.1) is 0 Å². The van der Waals surface area contributed by atoms with Gasteiger partial charge in [-0.2, -0.15) is 0 Å². The van der Waals surface area contributed by atoms with Crippen LogP contribution in [0.3, 0.4) is 0 Å². The van der Waals surface area contributed by atoms with Crippen molar-refractivity contribution >= 4 is 21.6 Å². The van der Waals surface area contributed by atoms with Gasteiger partial charge in [-0.1, -0.05) is 13.0 Å². The molecule has 0 aromatic heterocycles. The van der Waals surface area contributed by atoms with Crippen molar-refractivity contribution in [1.29, 1.82) is 0 Å². The lowest BCUT2D eigenvalue weighted by Crippen LogP contribution is -2.27. The molecule has 140 valence electrons. The molecule has 0 bridgehead atoms. The van der Waals surface area contributed by atoms with E-state index in [1.165, 1.54) is 24.1 Å². The predicted octanol–water partition coefficient (Wildman–Crippen LogP) is 2.89. The number of anilines is 1. The topological polar surface area (TPSA) is 75.7 Å². The first-order chi connectivity index (χ1) is 12.2. The van der Waals surface area contributed by atoms with Crippen molar-refractivity contribution in [2.75, 3.05) is 25.6 Å². The quantitative estimate of drug-likeness (QED) is 0.841. The summed E-state index contributed by atoms with van der Waals surface area (Å²) in [7, 11) is -0.704. The third-order valence-corrected chi connectivity index (χ3v) is 5.78. The van der Waals surface area contributed by atoms with E-state index in [0.29, 0.717) is 0 Å². The third kappa shape index (κ3) is 4.05. The molecular weight excluding hydrogens is 352 g/mol. The van der Waals surface area contributed by atoms with Gasteiger partial charge in [-0.25, -0.2) is 13.1 Å². The van der Waals surface area contributed by atoms with Crippen molar-refractivity contribution in [3.05, 3.63) is 53.1 Å². The lowest BCUT2D eigenvalue weighted by atomic mass is 10.1. The first-order valence-electron chi connectivity index (χ1n) is 8.24. The number of carbonyl (C=O) groups excluding carboxylic acids is 1. The molecule has 0 fully saturated rings. The number of hydrogen-bond donors (Lipinski definition) is 1. The van der Waals surface area contributed by atoms with Crippen molar-refractivity contribution in [2.24, 2.45) is 0 Å². The molecule has 2 aromatic rings. The van der Waals surface area contributed by atoms with Crippen LogP contribution in [-0.4, -0.2) is 35.0 Å². The summed E-state index contributed by atoms with van der Waals surface area (Å²) in [6.45, 7) is 5.91. The number of carbonyl (C=O) groups is 1. The van der Waals surface area contributed by atoms with Crippen molar-refractivity contribution in [3.8, 4) is 5.75 Å². The molecule has 0 atom stereocenters. The number of amides is 1. The fourth-order valence-electron chi connectivity index (χ4n) is 2.53. The van der Waals surface area contributed by atoms with Gasteiger partial charge in [0.25, 0.3) is 5.91 Å². The Hall–Kier alpha value is -2.38. The summed E-state index contributed by atoms with van der Waals surface area (Å²) in [5, 5.41) is 0. The van der Waals surface area contributed by atoms with Gasteiger partial charge in [-0.05, 0) is 55.3 Å². The molecule has 0 radical (unpaired) electrons. The first-order valence-corrected chi connectivity index (χ1v) is 9.72. The molecule has 0 saturated heterocycles. The van der Waals surface area contributed by atoms with E-state index < -0.39 is 10.0 Å². The molecule has 1 N–H and O–H groups in total. The minimum absolute atomic E-state index is 0.0545. The zero-order valence-electron chi connectivity index (χ0n) is 15.7. The molecule has 2 aromatic carbocycles. The van der Waals surface area contributed by atoms with Crippen molar-refractivity contribution in [3.63, 3.8) is 0 Å². The highest BCUT2D eigenvalue weighted by molar-refractivity contribution is 7.89. The van der Waals surface area contributed by atoms with Crippen LogP contribution < -0.4 is 14.4 Å². The van der Waals surface area contributed by atoms with E-state index in [9.17, 15) is 13.2 Å². The Balaban J connectivity index is 2.44. The number of aryl methyl sites for hydroxylation is 2. The predicted molar refractivity (Wildman–Crippen MR) is 103 cm³/mol. The molecule has 2 rings (SSSR count). The molecule has 0 aliphatic rings. The van der Waals surface area contributed by atoms with E-state index in [1.54, 1.807) is 20.0 Å². The van der Waals surface area contributed by atoms with Gasteiger partial charge in [0, 0.05) is 24.8 Å². The van der Waals surface area contributed by atoms with Crippen molar-refractivity contribution in [2.45, 2.75) is 25.7 Å². The third-order valence-electron chi connectivity index (χ3n) is 4.22. The Kier molecular flexibility index (Phi) is 6.05. The van der Waals surface area contributed by atoms with Crippen molar-refractivity contribution < 1.29 is 17.9 Å². The van der Waals surface area contributed by atoms with Gasteiger partial charge in [0.1, 0.15) is 10.6 Å². The van der Waals surface area contributed by atoms with Gasteiger partial charge >= 0.3 is 0 Å². The first kappa shape index (κ1) is 19.9. The van der Waals surface area contributed by atoms with E-state index in [2.05, 4.69) is 4.72 Å². The second kappa shape index (κ2) is 7.88. The minimum atomic E-state index is -3.76. The fraction of sp³-hybridized carbons (Fsp3) is 0.316. The van der Waals surface area contributed by atoms with E-state index in [-0.39, 0.29) is 28.7 Å². The molecule has 6 nitrogen and oxygen atoms in total. The maximum atomic E-state index is 12.8. The number of ether oxygens (including phenoxy) is 1. The summed E-state index contributed by atoms with van der Waals surface area (Å²) in [6, 6.07) is 10.1. The van der Waals surface area contributed by atoms with Gasteiger partial charge in [0.05, 0.1) is 7.11 Å². The van der Waals surface area contributed by atoms with Crippen LogP contribution in [0.15, 0.2) is 41.3 Å². The van der Waals surface area contributed by atoms with Crippen LogP contribution in [-0.2, 0) is 10.0 Å². The summed E-state index contributed by atoms with van der Waals surface area (Å²) < 4.78 is 32.3. The molecular formula is C19H24N2O4S. The van der Waals surface area contributed by atoms with E-state index >= 15 is 0 Å². The summed E-state index contributed by atoms with van der Waals surface area (Å²) >= 11 is 0. The Morgan fingerprint density at radius 1 is 1.12 bits per heavy atom. The number of methoxy groups -OCH3 is 1. The lowest BCUT2D eigenvalue weighted by Gasteiger charge is -2.19. The number of sulfonamides is 1. The Morgan fingerprint density at radius 3 is 2.38 bits per heavy atom. The fourth-order valence-corrected chi connectivity index (χ4v) is 3.77. The van der Waals surface area contributed by atoms with Crippen LogP contribution in [0.25, 0.3) is 0 Å². The molecule has 0 unspecified atom stereocenters. The van der Waals surface area contributed by atoms with Gasteiger partial charge in [0.2, 0.25) is 10.0 Å². The molecule has 1 amide bonds. The summed E-state index contributed by atoms with van der Waals surface area (Å²) in [5.41, 5.74) is 3.22. The zero-order valence-corrected chi connectivity index (χ0v) is 16.5. The maximum absolute atomic E-state index is 12.8. The van der Waals surface area contributed by atoms with Crippen LogP contribution in [0.2, 0.25) is 0 Å². The molecule has 0 heterocycles. The lowest BCUT2D eigenvalue weighted by molar-refractivity contribution is 0.0992. The van der Waals surface area contributed by atoms with E-state index in [0.717, 1.165) is 16.8 Å². The van der Waals surface area contributed by atoms with E-state index in [4.69, 9.17) is 4.74 Å². The monoisotopic (exact) mass is 376 g/mol. The molecule has 7 heteroatoms. The Bertz CT molecular complexity index is 923. The van der Waals surface area contributed by atoms with Crippen LogP contribution in [0, 0.1) is 13.8 Å². The van der Waals surface area contributed by atoms with Crippen LogP contribution in [0.5, 0.6) is 5.75 Å². The van der Waals surface area contributed by atoms with Crippen LogP contribution >= 0.6 is 0 Å². The van der Waals surface area contributed by atoms with Gasteiger partial charge < -0.3 is 9.64 Å². The summed E-state index contributed by atoms with van der Waals surface area (Å²) in [5.74, 6) is -0.111. The number of rotatable bonds is 6. The van der Waals surface area contributed by atoms with Crippen LogP contribution in [0.1, 0.15) is 28.4 Å². The molecule has 0 aliphatic carbocycles. The Labute approximate surface area is 154 Å². The average Bonchev–Trinajstić information content (AvgIpc) is 2.62. The number of nitrogens with zero attached hydrogens (tertiary/aromatic N) is 1. The minimum Gasteiger partial charge on any atom is -0.495 e. The Morgan fingerprint density at radius 2 is 1.81 bits per heavy atom. The highest BCUT2D eigenvalue weighted by atomic mass is 32.2. The highest BCUT2D eigenvalue weighted by Gasteiger charge is 2.22. The standard InChI is InChI=1S/C19H24N2O4S/c1-6-20-26(23,24)18-12-15(8-10-17(18)25-5)19(22)21(4)16-9-7-13(2)14(3)11-16/h7-12,20H,6H2,1-5H3. The molecule has 26 heavy (non-hydrogen) atoms. The van der Waals surface area contributed by atoms with E-state index in [1.807, 2.05) is 32.0 Å². The van der Waals surface area contributed by atoms with Gasteiger partial charge in [-0.3, -0.25) is 4.79 Å². The largest absolute Gasteiger partial charge is 0.495 e. The normalized spacial score (nSPS) is 11.3. The summed E-state index contributed by atoms with van der Waals surface area (Å²) in [6.07, 6.45) is 0.